The lowest BCUT2D eigenvalue weighted by Crippen LogP contribution is -2.42. The van der Waals surface area contributed by atoms with Crippen molar-refractivity contribution in [3.63, 3.8) is 0 Å². The SMILES string of the molecule is CC(=O)NC(CSC(=O)C(C)c1cccc(C(=O)c2ccccc2)c1)C(=O)CC(=N)CC(=N)N(C)C. The number of nitrogens with one attached hydrogen (secondary N) is 3. The molecule has 2 rings (SSSR count). The Labute approximate surface area is 215 Å². The summed E-state index contributed by atoms with van der Waals surface area (Å²) in [7, 11) is 3.38. The molecule has 0 aromatic heterocycles. The number of ketones is 2. The van der Waals surface area contributed by atoms with E-state index in [0.717, 1.165) is 11.8 Å². The van der Waals surface area contributed by atoms with Crippen molar-refractivity contribution in [3.8, 4) is 0 Å². The Morgan fingerprint density at radius 1 is 0.944 bits per heavy atom. The Balaban J connectivity index is 2.04. The van der Waals surface area contributed by atoms with Crippen LogP contribution in [0.15, 0.2) is 54.6 Å². The van der Waals surface area contributed by atoms with E-state index in [9.17, 15) is 19.2 Å². The lowest BCUT2D eigenvalue weighted by molar-refractivity contribution is -0.125. The van der Waals surface area contributed by atoms with E-state index < -0.39 is 17.9 Å². The molecule has 3 N–H and O–H groups in total. The fraction of sp³-hybridized carbons (Fsp3) is 0.333. The second kappa shape index (κ2) is 13.5. The third-order valence-electron chi connectivity index (χ3n) is 5.51. The van der Waals surface area contributed by atoms with Crippen LogP contribution in [0.5, 0.6) is 0 Å². The minimum atomic E-state index is -0.927. The second-order valence-corrected chi connectivity index (χ2v) is 9.71. The summed E-state index contributed by atoms with van der Waals surface area (Å²) in [5.41, 5.74) is 1.79. The quantitative estimate of drug-likeness (QED) is 0.228. The third-order valence-corrected chi connectivity index (χ3v) is 6.64. The molecule has 9 heteroatoms. The molecule has 2 aromatic rings. The van der Waals surface area contributed by atoms with Gasteiger partial charge in [-0.1, -0.05) is 67.2 Å². The van der Waals surface area contributed by atoms with Crippen molar-refractivity contribution < 1.29 is 19.2 Å². The van der Waals surface area contributed by atoms with Gasteiger partial charge in [-0.2, -0.15) is 0 Å². The first-order valence-electron chi connectivity index (χ1n) is 11.5. The molecule has 2 atom stereocenters. The summed E-state index contributed by atoms with van der Waals surface area (Å²) >= 11 is 0.934. The van der Waals surface area contributed by atoms with Crippen LogP contribution in [0.2, 0.25) is 0 Å². The van der Waals surface area contributed by atoms with Crippen molar-refractivity contribution in [2.45, 2.75) is 38.6 Å². The monoisotopic (exact) mass is 508 g/mol. The molecule has 2 unspecified atom stereocenters. The van der Waals surface area contributed by atoms with Gasteiger partial charge >= 0.3 is 0 Å². The summed E-state index contributed by atoms with van der Waals surface area (Å²) in [6.45, 7) is 3.02. The van der Waals surface area contributed by atoms with E-state index in [-0.39, 0.29) is 46.8 Å². The molecule has 0 radical (unpaired) electrons. The van der Waals surface area contributed by atoms with E-state index in [1.807, 2.05) is 6.07 Å². The molecule has 190 valence electrons. The first kappa shape index (κ1) is 28.6. The largest absolute Gasteiger partial charge is 0.366 e. The number of thioether (sulfide) groups is 1. The second-order valence-electron chi connectivity index (χ2n) is 8.69. The summed E-state index contributed by atoms with van der Waals surface area (Å²) in [5.74, 6) is -1.23. The van der Waals surface area contributed by atoms with Crippen LogP contribution in [0.1, 0.15) is 54.1 Å². The van der Waals surface area contributed by atoms with E-state index in [0.29, 0.717) is 16.7 Å². The normalized spacial score (nSPS) is 12.2. The predicted octanol–water partition coefficient (Wildman–Crippen LogP) is 3.69. The van der Waals surface area contributed by atoms with Crippen molar-refractivity contribution in [2.24, 2.45) is 0 Å². The zero-order valence-electron chi connectivity index (χ0n) is 21.0. The highest BCUT2D eigenvalue weighted by atomic mass is 32.2. The highest BCUT2D eigenvalue weighted by Crippen LogP contribution is 2.25. The number of amidine groups is 1. The van der Waals surface area contributed by atoms with Gasteiger partial charge in [0.2, 0.25) is 5.91 Å². The van der Waals surface area contributed by atoms with E-state index in [1.165, 1.54) is 6.92 Å². The van der Waals surface area contributed by atoms with Crippen molar-refractivity contribution in [3.05, 3.63) is 71.3 Å². The van der Waals surface area contributed by atoms with Crippen LogP contribution in [0.25, 0.3) is 0 Å². The number of nitrogens with zero attached hydrogens (tertiary/aromatic N) is 1. The molecule has 0 saturated carbocycles. The summed E-state index contributed by atoms with van der Waals surface area (Å²) < 4.78 is 0. The summed E-state index contributed by atoms with van der Waals surface area (Å²) in [5, 5.41) is 18.2. The highest BCUT2D eigenvalue weighted by Gasteiger charge is 2.25. The number of benzene rings is 2. The van der Waals surface area contributed by atoms with Crippen molar-refractivity contribution in [1.82, 2.24) is 10.2 Å². The molecule has 0 aliphatic rings. The summed E-state index contributed by atoms with van der Waals surface area (Å²) in [6, 6.07) is 14.9. The number of amides is 1. The highest BCUT2D eigenvalue weighted by molar-refractivity contribution is 8.13. The van der Waals surface area contributed by atoms with E-state index >= 15 is 0 Å². The number of hydrogen-bond acceptors (Lipinski definition) is 7. The predicted molar refractivity (Wildman–Crippen MR) is 143 cm³/mol. The van der Waals surface area contributed by atoms with Crippen LogP contribution in [0.4, 0.5) is 0 Å². The third kappa shape index (κ3) is 8.57. The van der Waals surface area contributed by atoms with Gasteiger partial charge in [-0.15, -0.1) is 0 Å². The van der Waals surface area contributed by atoms with Crippen LogP contribution in [0.3, 0.4) is 0 Å². The molecule has 2 aromatic carbocycles. The molecule has 0 saturated heterocycles. The van der Waals surface area contributed by atoms with E-state index in [4.69, 9.17) is 10.8 Å². The van der Waals surface area contributed by atoms with Crippen molar-refractivity contribution >= 4 is 45.9 Å². The minimum absolute atomic E-state index is 0.0304. The zero-order chi connectivity index (χ0) is 26.8. The Bertz CT molecular complexity index is 1150. The Morgan fingerprint density at radius 2 is 1.58 bits per heavy atom. The molecule has 0 aliphatic heterocycles. The van der Waals surface area contributed by atoms with Crippen LogP contribution in [-0.4, -0.2) is 64.9 Å². The molecule has 0 heterocycles. The average Bonchev–Trinajstić information content (AvgIpc) is 2.85. The Morgan fingerprint density at radius 3 is 2.19 bits per heavy atom. The first-order chi connectivity index (χ1) is 17.0. The van der Waals surface area contributed by atoms with Crippen molar-refractivity contribution in [1.29, 1.82) is 10.8 Å². The number of rotatable bonds is 12. The van der Waals surface area contributed by atoms with Crippen molar-refractivity contribution in [2.75, 3.05) is 19.8 Å². The maximum Gasteiger partial charge on any atom is 0.217 e. The van der Waals surface area contributed by atoms with Gasteiger partial charge in [-0.25, -0.2) is 0 Å². The van der Waals surface area contributed by atoms with Gasteiger partial charge < -0.3 is 15.6 Å². The number of hydrogen-bond donors (Lipinski definition) is 3. The molecule has 0 bridgehead atoms. The van der Waals surface area contributed by atoms with Crippen LogP contribution in [0, 0.1) is 10.8 Å². The van der Waals surface area contributed by atoms with Crippen LogP contribution >= 0.6 is 11.8 Å². The van der Waals surface area contributed by atoms with Gasteiger partial charge in [-0.3, -0.25) is 24.6 Å². The number of carbonyl (C=O) groups is 4. The number of carbonyl (C=O) groups excluding carboxylic acids is 4. The standard InChI is InChI=1S/C27H32N4O4S/c1-17(20-11-8-12-21(13-20)26(34)19-9-6-5-7-10-19)27(35)36-16-23(30-18(2)32)24(33)14-22(28)15-25(29)31(3)4/h5-13,17,23,28-29H,14-16H2,1-4H3,(H,30,32). The fourth-order valence-corrected chi connectivity index (χ4v) is 4.33. The maximum atomic E-state index is 12.9. The molecular weight excluding hydrogens is 476 g/mol. The van der Waals surface area contributed by atoms with E-state index in [1.54, 1.807) is 74.4 Å². The Hall–Kier alpha value is -3.59. The maximum absolute atomic E-state index is 12.9. The first-order valence-corrected chi connectivity index (χ1v) is 12.4. The fourth-order valence-electron chi connectivity index (χ4n) is 3.35. The van der Waals surface area contributed by atoms with Gasteiger partial charge in [0.1, 0.15) is 5.84 Å². The number of Topliss-reactive ketones (excluding diaryl/α,β-unsaturated/α-hetero) is 1. The van der Waals surface area contributed by atoms with Gasteiger partial charge in [0.05, 0.1) is 12.0 Å². The molecule has 0 aliphatic carbocycles. The molecule has 8 nitrogen and oxygen atoms in total. The average molecular weight is 509 g/mol. The van der Waals surface area contributed by atoms with Crippen LogP contribution in [-0.2, 0) is 14.4 Å². The smallest absolute Gasteiger partial charge is 0.217 e. The summed E-state index contributed by atoms with van der Waals surface area (Å²) in [4.78, 5) is 51.7. The summed E-state index contributed by atoms with van der Waals surface area (Å²) in [6.07, 6.45) is -0.179. The molecular formula is C27H32N4O4S. The molecule has 1 amide bonds. The Kier molecular flexibility index (Phi) is 10.7. The topological polar surface area (TPSA) is 131 Å². The van der Waals surface area contributed by atoms with Crippen LogP contribution < -0.4 is 5.32 Å². The van der Waals surface area contributed by atoms with Gasteiger partial charge in [-0.05, 0) is 11.6 Å². The lowest BCUT2D eigenvalue weighted by Gasteiger charge is -2.19. The zero-order valence-corrected chi connectivity index (χ0v) is 21.8. The van der Waals surface area contributed by atoms with Gasteiger partial charge in [0.25, 0.3) is 0 Å². The molecule has 0 spiro atoms. The molecule has 0 fully saturated rings. The molecule has 36 heavy (non-hydrogen) atoms. The lowest BCUT2D eigenvalue weighted by atomic mass is 9.96. The minimum Gasteiger partial charge on any atom is -0.366 e. The van der Waals surface area contributed by atoms with Gasteiger partial charge in [0, 0.05) is 56.5 Å². The van der Waals surface area contributed by atoms with E-state index in [2.05, 4.69) is 5.32 Å². The van der Waals surface area contributed by atoms with Gasteiger partial charge in [0.15, 0.2) is 16.7 Å².